The number of aliphatic hydroxyl groups excluding tert-OH is 1. The van der Waals surface area contributed by atoms with E-state index in [0.29, 0.717) is 17.7 Å². The van der Waals surface area contributed by atoms with Gasteiger partial charge in [0.1, 0.15) is 5.82 Å². The van der Waals surface area contributed by atoms with Gasteiger partial charge in [-0.05, 0) is 54.8 Å². The number of likely N-dealkylation sites (tertiary alicyclic amines) is 1. The lowest BCUT2D eigenvalue weighted by Crippen LogP contribution is -2.37. The van der Waals surface area contributed by atoms with Gasteiger partial charge in [-0.3, -0.25) is 9.69 Å². The molecule has 26 heavy (non-hydrogen) atoms. The van der Waals surface area contributed by atoms with Gasteiger partial charge in [-0.1, -0.05) is 24.3 Å². The van der Waals surface area contributed by atoms with E-state index in [4.69, 9.17) is 0 Å². The number of rotatable bonds is 5. The molecule has 0 spiro atoms. The average Bonchev–Trinajstić information content (AvgIpc) is 2.64. The van der Waals surface area contributed by atoms with Crippen molar-refractivity contribution in [1.29, 1.82) is 0 Å². The highest BCUT2D eigenvalue weighted by Gasteiger charge is 2.17. The summed E-state index contributed by atoms with van der Waals surface area (Å²) in [6.07, 6.45) is 3.10. The number of nitrogens with one attached hydrogen (secondary N) is 1. The van der Waals surface area contributed by atoms with Gasteiger partial charge >= 0.3 is 0 Å². The summed E-state index contributed by atoms with van der Waals surface area (Å²) < 4.78 is 12.8. The Hall–Kier alpha value is -2.57. The van der Waals surface area contributed by atoms with Gasteiger partial charge in [-0.15, -0.1) is 0 Å². The zero-order valence-electron chi connectivity index (χ0n) is 14.4. The molecule has 0 bridgehead atoms. The van der Waals surface area contributed by atoms with E-state index in [9.17, 15) is 14.3 Å². The number of amides is 1. The molecular weight excluding hydrogens is 333 g/mol. The van der Waals surface area contributed by atoms with Crippen LogP contribution in [0.5, 0.6) is 0 Å². The summed E-state index contributed by atoms with van der Waals surface area (Å²) in [5.74, 6) is -0.617. The van der Waals surface area contributed by atoms with E-state index < -0.39 is 0 Å². The molecule has 1 aliphatic heterocycles. The molecular formula is C20H22FN3O2. The van der Waals surface area contributed by atoms with Crippen molar-refractivity contribution in [1.82, 2.24) is 10.3 Å². The summed E-state index contributed by atoms with van der Waals surface area (Å²) >= 11 is 0. The Bertz CT molecular complexity index is 760. The fraction of sp³-hybridized carbons (Fsp3) is 0.300. The van der Waals surface area contributed by atoms with Crippen molar-refractivity contribution >= 4 is 12.1 Å². The highest BCUT2D eigenvalue weighted by Crippen LogP contribution is 2.14. The second-order valence-electron chi connectivity index (χ2n) is 6.48. The number of hydrogen-bond acceptors (Lipinski definition) is 4. The highest BCUT2D eigenvalue weighted by atomic mass is 19.1. The minimum atomic E-state index is -0.315. The van der Waals surface area contributed by atoms with Crippen molar-refractivity contribution in [3.63, 3.8) is 0 Å². The molecule has 0 radical (unpaired) electrons. The smallest absolute Gasteiger partial charge is 0.271 e. The van der Waals surface area contributed by atoms with E-state index in [1.807, 2.05) is 12.1 Å². The molecule has 1 amide bonds. The predicted octanol–water partition coefficient (Wildman–Crippen LogP) is 2.55. The monoisotopic (exact) mass is 355 g/mol. The van der Waals surface area contributed by atoms with E-state index in [2.05, 4.69) is 15.4 Å². The Morgan fingerprint density at radius 1 is 1.23 bits per heavy atom. The van der Waals surface area contributed by atoms with Gasteiger partial charge in [0, 0.05) is 18.7 Å². The lowest BCUT2D eigenvalue weighted by atomic mass is 10.1. The maximum Gasteiger partial charge on any atom is 0.271 e. The lowest BCUT2D eigenvalue weighted by molar-refractivity contribution is 0.0668. The van der Waals surface area contributed by atoms with Crippen LogP contribution in [-0.4, -0.2) is 41.3 Å². The summed E-state index contributed by atoms with van der Waals surface area (Å²) in [5.41, 5.74) is 4.78. The summed E-state index contributed by atoms with van der Waals surface area (Å²) in [5, 5.41) is 13.6. The molecule has 1 saturated heterocycles. The number of β-amino-alcohol motifs (C(OH)–C–C–N with tert-alkyl or cyclic N) is 1. The van der Waals surface area contributed by atoms with E-state index in [-0.39, 0.29) is 17.8 Å². The first-order valence-corrected chi connectivity index (χ1v) is 8.68. The van der Waals surface area contributed by atoms with Gasteiger partial charge in [0.25, 0.3) is 5.91 Å². The maximum atomic E-state index is 12.8. The number of hydrazone groups is 1. The average molecular weight is 355 g/mol. The summed E-state index contributed by atoms with van der Waals surface area (Å²) in [6, 6.07) is 13.2. The first kappa shape index (κ1) is 18.2. The van der Waals surface area contributed by atoms with Crippen LogP contribution in [-0.2, 0) is 6.54 Å². The van der Waals surface area contributed by atoms with Gasteiger partial charge in [-0.2, -0.15) is 5.10 Å². The molecule has 5 nitrogen and oxygen atoms in total. The van der Waals surface area contributed by atoms with Crippen LogP contribution < -0.4 is 5.43 Å². The Morgan fingerprint density at radius 3 is 2.65 bits per heavy atom. The lowest BCUT2D eigenvalue weighted by Gasteiger charge is -2.29. The normalized spacial score (nSPS) is 18.2. The predicted molar refractivity (Wildman–Crippen MR) is 98.4 cm³/mol. The molecule has 1 aliphatic rings. The molecule has 6 heteroatoms. The SMILES string of the molecule is O=C(N/N=C/c1ccc(F)cc1)c1ccc(CN2CCCC(O)C2)cc1. The van der Waals surface area contributed by atoms with Gasteiger partial charge in [-0.25, -0.2) is 9.82 Å². The minimum absolute atomic E-state index is 0.243. The molecule has 0 aromatic heterocycles. The molecule has 2 aromatic rings. The second-order valence-corrected chi connectivity index (χ2v) is 6.48. The van der Waals surface area contributed by atoms with Crippen LogP contribution in [0.2, 0.25) is 0 Å². The third-order valence-electron chi connectivity index (χ3n) is 4.35. The van der Waals surface area contributed by atoms with Gasteiger partial charge in [0.05, 0.1) is 12.3 Å². The number of piperidine rings is 1. The third kappa shape index (κ3) is 5.21. The number of aliphatic hydroxyl groups is 1. The third-order valence-corrected chi connectivity index (χ3v) is 4.35. The highest BCUT2D eigenvalue weighted by molar-refractivity contribution is 5.94. The molecule has 136 valence electrons. The van der Waals surface area contributed by atoms with Gasteiger partial charge in [0.15, 0.2) is 0 Å². The Labute approximate surface area is 152 Å². The maximum absolute atomic E-state index is 12.8. The summed E-state index contributed by atoms with van der Waals surface area (Å²) in [7, 11) is 0. The number of hydrogen-bond donors (Lipinski definition) is 2. The minimum Gasteiger partial charge on any atom is -0.392 e. The van der Waals surface area contributed by atoms with Crippen molar-refractivity contribution in [2.24, 2.45) is 5.10 Å². The van der Waals surface area contributed by atoms with Gasteiger partial charge in [0.2, 0.25) is 0 Å². The molecule has 2 aromatic carbocycles. The van der Waals surface area contributed by atoms with Crippen molar-refractivity contribution in [2.45, 2.75) is 25.5 Å². The fourth-order valence-electron chi connectivity index (χ4n) is 2.97. The van der Waals surface area contributed by atoms with Crippen molar-refractivity contribution < 1.29 is 14.3 Å². The van der Waals surface area contributed by atoms with Crippen molar-refractivity contribution in [3.05, 3.63) is 71.0 Å². The van der Waals surface area contributed by atoms with Crippen LogP contribution in [0, 0.1) is 5.82 Å². The number of carbonyl (C=O) groups excluding carboxylic acids is 1. The largest absolute Gasteiger partial charge is 0.392 e. The molecule has 3 rings (SSSR count). The number of benzene rings is 2. The zero-order valence-corrected chi connectivity index (χ0v) is 14.4. The molecule has 0 saturated carbocycles. The van der Waals surface area contributed by atoms with Gasteiger partial charge < -0.3 is 5.11 Å². The summed E-state index contributed by atoms with van der Waals surface area (Å²) in [6.45, 7) is 2.44. The fourth-order valence-corrected chi connectivity index (χ4v) is 2.97. The number of carbonyl (C=O) groups is 1. The van der Waals surface area contributed by atoms with E-state index in [0.717, 1.165) is 31.5 Å². The van der Waals surface area contributed by atoms with Crippen LogP contribution in [0.4, 0.5) is 4.39 Å². The first-order chi connectivity index (χ1) is 12.6. The van der Waals surface area contributed by atoms with E-state index in [1.54, 1.807) is 24.3 Å². The van der Waals surface area contributed by atoms with Crippen molar-refractivity contribution in [2.75, 3.05) is 13.1 Å². The second kappa shape index (κ2) is 8.69. The standard InChI is InChI=1S/C20H22FN3O2/c21-18-9-5-15(6-10-18)12-22-23-20(26)17-7-3-16(4-8-17)13-24-11-1-2-19(25)14-24/h3-10,12,19,25H,1-2,11,13-14H2,(H,23,26)/b22-12+. The van der Waals surface area contributed by atoms with E-state index in [1.165, 1.54) is 18.3 Å². The van der Waals surface area contributed by atoms with E-state index >= 15 is 0 Å². The topological polar surface area (TPSA) is 64.9 Å². The van der Waals surface area contributed by atoms with Crippen LogP contribution in [0.25, 0.3) is 0 Å². The Morgan fingerprint density at radius 2 is 1.96 bits per heavy atom. The molecule has 1 unspecified atom stereocenters. The van der Waals surface area contributed by atoms with Crippen molar-refractivity contribution in [3.8, 4) is 0 Å². The molecule has 1 heterocycles. The number of nitrogens with zero attached hydrogens (tertiary/aromatic N) is 2. The molecule has 1 fully saturated rings. The molecule has 1 atom stereocenters. The van der Waals surface area contributed by atoms with Crippen LogP contribution in [0.3, 0.4) is 0 Å². The molecule has 2 N–H and O–H groups in total. The first-order valence-electron chi connectivity index (χ1n) is 8.68. The quantitative estimate of drug-likeness (QED) is 0.640. The zero-order chi connectivity index (χ0) is 18.4. The van der Waals surface area contributed by atoms with Crippen LogP contribution in [0.1, 0.15) is 34.3 Å². The molecule has 0 aliphatic carbocycles. The Balaban J connectivity index is 1.52. The Kier molecular flexibility index (Phi) is 6.09. The number of halogens is 1. The summed E-state index contributed by atoms with van der Waals surface area (Å²) in [4.78, 5) is 14.3. The van der Waals surface area contributed by atoms with Crippen LogP contribution in [0.15, 0.2) is 53.6 Å². The van der Waals surface area contributed by atoms with Crippen LogP contribution >= 0.6 is 0 Å².